The van der Waals surface area contributed by atoms with Gasteiger partial charge in [0.2, 0.25) is 0 Å². The topological polar surface area (TPSA) is 123 Å². The summed E-state index contributed by atoms with van der Waals surface area (Å²) in [4.78, 5) is 27.5. The lowest BCUT2D eigenvalue weighted by atomic mass is 10.1. The Labute approximate surface area is 183 Å². The maximum absolute atomic E-state index is 14.3. The minimum absolute atomic E-state index is 0.0296. The zero-order chi connectivity index (χ0) is 22.0. The maximum Gasteiger partial charge on any atom is 0.276 e. The van der Waals surface area contributed by atoms with Crippen molar-refractivity contribution >= 4 is 34.6 Å². The van der Waals surface area contributed by atoms with Gasteiger partial charge in [-0.2, -0.15) is 0 Å². The van der Waals surface area contributed by atoms with E-state index < -0.39 is 11.7 Å². The van der Waals surface area contributed by atoms with Crippen molar-refractivity contribution in [3.05, 3.63) is 59.4 Å². The van der Waals surface area contributed by atoms with E-state index in [4.69, 9.17) is 23.1 Å². The summed E-state index contributed by atoms with van der Waals surface area (Å²) < 4.78 is 14.3. The van der Waals surface area contributed by atoms with Crippen LogP contribution < -0.4 is 21.7 Å². The van der Waals surface area contributed by atoms with Crippen molar-refractivity contribution in [2.75, 3.05) is 29.0 Å². The Hall–Kier alpha value is -3.30. The van der Waals surface area contributed by atoms with Gasteiger partial charge in [-0.25, -0.2) is 14.4 Å². The molecule has 1 amide bonds. The Kier molecular flexibility index (Phi) is 5.97. The predicted octanol–water partition coefficient (Wildman–Crippen LogP) is 3.09. The highest BCUT2D eigenvalue weighted by Gasteiger charge is 2.22. The fourth-order valence-corrected chi connectivity index (χ4v) is 3.70. The number of halogens is 2. The van der Waals surface area contributed by atoms with Gasteiger partial charge in [-0.15, -0.1) is 0 Å². The Balaban J connectivity index is 1.63. The normalized spacial score (nSPS) is 16.2. The van der Waals surface area contributed by atoms with Gasteiger partial charge >= 0.3 is 0 Å². The number of piperidine rings is 1. The molecule has 31 heavy (non-hydrogen) atoms. The van der Waals surface area contributed by atoms with Gasteiger partial charge in [-0.05, 0) is 37.1 Å². The SMILES string of the molecule is Nc1cnc(-c2ccc(Cl)cc2F)nc1C(=O)Nc1cnccc1N1CCC[C@H](N)C1. The minimum atomic E-state index is -0.598. The Morgan fingerprint density at radius 3 is 2.90 bits per heavy atom. The van der Waals surface area contributed by atoms with Crippen molar-refractivity contribution in [3.63, 3.8) is 0 Å². The van der Waals surface area contributed by atoms with Gasteiger partial charge < -0.3 is 21.7 Å². The summed E-state index contributed by atoms with van der Waals surface area (Å²) in [5.74, 6) is -1.12. The summed E-state index contributed by atoms with van der Waals surface area (Å²) in [6.07, 6.45) is 6.42. The number of carbonyl (C=O) groups is 1. The van der Waals surface area contributed by atoms with Crippen molar-refractivity contribution in [1.29, 1.82) is 0 Å². The van der Waals surface area contributed by atoms with Crippen molar-refractivity contribution in [1.82, 2.24) is 15.0 Å². The van der Waals surface area contributed by atoms with Crippen LogP contribution in [-0.2, 0) is 0 Å². The number of carbonyl (C=O) groups excluding carboxylic acids is 1. The smallest absolute Gasteiger partial charge is 0.276 e. The summed E-state index contributed by atoms with van der Waals surface area (Å²) in [5.41, 5.74) is 13.5. The highest BCUT2D eigenvalue weighted by Crippen LogP contribution is 2.28. The molecule has 2 aromatic heterocycles. The molecule has 10 heteroatoms. The molecule has 3 heterocycles. The number of rotatable bonds is 4. The van der Waals surface area contributed by atoms with E-state index in [9.17, 15) is 9.18 Å². The molecule has 1 fully saturated rings. The number of nitrogens with zero attached hydrogens (tertiary/aromatic N) is 4. The molecule has 8 nitrogen and oxygen atoms in total. The van der Waals surface area contributed by atoms with Crippen molar-refractivity contribution < 1.29 is 9.18 Å². The largest absolute Gasteiger partial charge is 0.396 e. The molecule has 1 aliphatic heterocycles. The van der Waals surface area contributed by atoms with Crippen LogP contribution in [0.1, 0.15) is 23.3 Å². The zero-order valence-corrected chi connectivity index (χ0v) is 17.3. The zero-order valence-electron chi connectivity index (χ0n) is 16.6. The first-order chi connectivity index (χ1) is 14.9. The van der Waals surface area contributed by atoms with E-state index in [1.165, 1.54) is 18.3 Å². The summed E-state index contributed by atoms with van der Waals surface area (Å²) >= 11 is 5.81. The number of hydrogen-bond acceptors (Lipinski definition) is 7. The average molecular weight is 442 g/mol. The maximum atomic E-state index is 14.3. The number of anilines is 3. The Morgan fingerprint density at radius 2 is 2.13 bits per heavy atom. The second-order valence-corrected chi connectivity index (χ2v) is 7.75. The highest BCUT2D eigenvalue weighted by atomic mass is 35.5. The first-order valence-corrected chi connectivity index (χ1v) is 10.1. The lowest BCUT2D eigenvalue weighted by Gasteiger charge is -2.33. The lowest BCUT2D eigenvalue weighted by molar-refractivity contribution is 0.102. The Morgan fingerprint density at radius 1 is 1.29 bits per heavy atom. The van der Waals surface area contributed by atoms with E-state index in [2.05, 4.69) is 25.2 Å². The van der Waals surface area contributed by atoms with Crippen LogP contribution in [0.25, 0.3) is 11.4 Å². The van der Waals surface area contributed by atoms with Crippen LogP contribution in [0.5, 0.6) is 0 Å². The monoisotopic (exact) mass is 441 g/mol. The summed E-state index contributed by atoms with van der Waals surface area (Å²) in [6, 6.07) is 6.02. The predicted molar refractivity (Wildman–Crippen MR) is 118 cm³/mol. The molecule has 4 rings (SSSR count). The van der Waals surface area contributed by atoms with Gasteiger partial charge in [-0.3, -0.25) is 9.78 Å². The number of benzene rings is 1. The van der Waals surface area contributed by atoms with E-state index in [-0.39, 0.29) is 33.8 Å². The first kappa shape index (κ1) is 21.0. The number of nitrogen functional groups attached to an aromatic ring is 1. The summed E-state index contributed by atoms with van der Waals surface area (Å²) in [5, 5.41) is 3.06. The van der Waals surface area contributed by atoms with Crippen LogP contribution in [0.4, 0.5) is 21.5 Å². The molecule has 160 valence electrons. The molecule has 1 aromatic carbocycles. The van der Waals surface area contributed by atoms with Crippen LogP contribution in [-0.4, -0.2) is 40.0 Å². The fourth-order valence-electron chi connectivity index (χ4n) is 3.54. The summed E-state index contributed by atoms with van der Waals surface area (Å²) in [7, 11) is 0. The molecule has 1 aliphatic rings. The van der Waals surface area contributed by atoms with Crippen molar-refractivity contribution in [2.45, 2.75) is 18.9 Å². The van der Waals surface area contributed by atoms with Crippen molar-refractivity contribution in [2.24, 2.45) is 5.73 Å². The van der Waals surface area contributed by atoms with Crippen LogP contribution in [0.3, 0.4) is 0 Å². The fraction of sp³-hybridized carbons (Fsp3) is 0.238. The Bertz CT molecular complexity index is 1130. The second-order valence-electron chi connectivity index (χ2n) is 7.32. The molecule has 0 saturated carbocycles. The van der Waals surface area contributed by atoms with Crippen LogP contribution in [0.2, 0.25) is 5.02 Å². The van der Waals surface area contributed by atoms with Crippen LogP contribution in [0.15, 0.2) is 42.9 Å². The summed E-state index contributed by atoms with van der Waals surface area (Å²) in [6.45, 7) is 1.51. The molecule has 3 aromatic rings. The van der Waals surface area contributed by atoms with Crippen LogP contribution >= 0.6 is 11.6 Å². The van der Waals surface area contributed by atoms with E-state index in [0.29, 0.717) is 12.2 Å². The van der Waals surface area contributed by atoms with Gasteiger partial charge in [-0.1, -0.05) is 11.6 Å². The number of nitrogens with two attached hydrogens (primary N) is 2. The average Bonchev–Trinajstić information content (AvgIpc) is 2.75. The third-order valence-electron chi connectivity index (χ3n) is 5.05. The third-order valence-corrected chi connectivity index (χ3v) is 5.28. The van der Waals surface area contributed by atoms with Crippen LogP contribution in [0, 0.1) is 5.82 Å². The van der Waals surface area contributed by atoms with Crippen molar-refractivity contribution in [3.8, 4) is 11.4 Å². The number of aromatic nitrogens is 3. The van der Waals surface area contributed by atoms with Gasteiger partial charge in [0.1, 0.15) is 5.82 Å². The molecule has 0 spiro atoms. The third kappa shape index (κ3) is 4.57. The number of pyridine rings is 1. The molecule has 0 aliphatic carbocycles. The quantitative estimate of drug-likeness (QED) is 0.568. The van der Waals surface area contributed by atoms with E-state index in [1.807, 2.05) is 6.07 Å². The molecule has 0 radical (unpaired) electrons. The highest BCUT2D eigenvalue weighted by molar-refractivity contribution is 6.30. The molecule has 1 saturated heterocycles. The molecule has 0 bridgehead atoms. The molecular weight excluding hydrogens is 421 g/mol. The van der Waals surface area contributed by atoms with Gasteiger partial charge in [0.05, 0.1) is 35.0 Å². The van der Waals surface area contributed by atoms with E-state index in [1.54, 1.807) is 12.4 Å². The second kappa shape index (κ2) is 8.83. The van der Waals surface area contributed by atoms with Gasteiger partial charge in [0.15, 0.2) is 11.5 Å². The standard InChI is InChI=1S/C21H21ClFN7O/c22-12-3-4-14(15(23)8-12)20-27-9-16(25)19(29-20)21(31)28-17-10-26-6-5-18(17)30-7-1-2-13(24)11-30/h3-6,8-10,13H,1-2,7,11,24-25H2,(H,28,31)/t13-/m0/s1. The van der Waals surface area contributed by atoms with E-state index in [0.717, 1.165) is 31.1 Å². The number of hydrogen-bond donors (Lipinski definition) is 3. The van der Waals surface area contributed by atoms with Gasteiger partial charge in [0.25, 0.3) is 5.91 Å². The first-order valence-electron chi connectivity index (χ1n) is 9.76. The lowest BCUT2D eigenvalue weighted by Crippen LogP contribution is -2.43. The number of amides is 1. The molecular formula is C21H21ClFN7O. The molecule has 1 atom stereocenters. The molecule has 5 N–H and O–H groups in total. The minimum Gasteiger partial charge on any atom is -0.396 e. The van der Waals surface area contributed by atoms with Gasteiger partial charge in [0, 0.05) is 30.4 Å². The molecule has 0 unspecified atom stereocenters. The van der Waals surface area contributed by atoms with E-state index >= 15 is 0 Å². The number of nitrogens with one attached hydrogen (secondary N) is 1.